The number of carbonyl (C=O) groups excluding carboxylic acids is 1. The summed E-state index contributed by atoms with van der Waals surface area (Å²) in [6.45, 7) is 8.87. The van der Waals surface area contributed by atoms with E-state index in [2.05, 4.69) is 11.8 Å². The van der Waals surface area contributed by atoms with Gasteiger partial charge in [-0.2, -0.15) is 5.10 Å². The van der Waals surface area contributed by atoms with E-state index in [0.717, 1.165) is 71.0 Å². The van der Waals surface area contributed by atoms with E-state index in [1.54, 1.807) is 16.8 Å². The molecule has 0 unspecified atom stereocenters. The van der Waals surface area contributed by atoms with Crippen molar-refractivity contribution in [3.05, 3.63) is 77.0 Å². The normalized spacial score (nSPS) is 14.3. The number of nitrogens with zero attached hydrogens (tertiary/aromatic N) is 6. The fourth-order valence-corrected chi connectivity index (χ4v) is 4.74. The second kappa shape index (κ2) is 10.0. The first-order valence-electron chi connectivity index (χ1n) is 12.6. The van der Waals surface area contributed by atoms with Crippen molar-refractivity contribution in [2.75, 3.05) is 31.1 Å². The van der Waals surface area contributed by atoms with E-state index < -0.39 is 0 Å². The number of rotatable bonds is 5. The zero-order valence-electron chi connectivity index (χ0n) is 21.0. The molecule has 0 bridgehead atoms. The minimum atomic E-state index is -0.289. The summed E-state index contributed by atoms with van der Waals surface area (Å²) >= 11 is 0. The maximum Gasteiger partial charge on any atom is 0.253 e. The van der Waals surface area contributed by atoms with Crippen molar-refractivity contribution in [1.29, 1.82) is 0 Å². The van der Waals surface area contributed by atoms with E-state index in [4.69, 9.17) is 15.1 Å². The van der Waals surface area contributed by atoms with Crippen LogP contribution < -0.4 is 4.90 Å². The highest BCUT2D eigenvalue weighted by Gasteiger charge is 2.25. The molecule has 3 heterocycles. The molecule has 7 nitrogen and oxygen atoms in total. The second-order valence-electron chi connectivity index (χ2n) is 9.38. The lowest BCUT2D eigenvalue weighted by Crippen LogP contribution is -2.35. The third kappa shape index (κ3) is 4.67. The highest BCUT2D eigenvalue weighted by Crippen LogP contribution is 2.30. The number of halogens is 1. The summed E-state index contributed by atoms with van der Waals surface area (Å²) in [5, 5.41) is 5.66. The van der Waals surface area contributed by atoms with Crippen LogP contribution in [0.15, 0.2) is 48.5 Å². The molecule has 5 rings (SSSR count). The van der Waals surface area contributed by atoms with Gasteiger partial charge in [0, 0.05) is 38.2 Å². The van der Waals surface area contributed by atoms with Crippen molar-refractivity contribution in [2.24, 2.45) is 0 Å². The topological polar surface area (TPSA) is 67.2 Å². The molecule has 0 N–H and O–H groups in total. The Morgan fingerprint density at radius 3 is 2.42 bits per heavy atom. The first-order chi connectivity index (χ1) is 17.4. The number of fused-ring (bicyclic) bond motifs is 1. The van der Waals surface area contributed by atoms with E-state index in [-0.39, 0.29) is 11.7 Å². The number of amides is 1. The quantitative estimate of drug-likeness (QED) is 0.402. The van der Waals surface area contributed by atoms with Crippen molar-refractivity contribution in [3.8, 4) is 5.69 Å². The molecule has 186 valence electrons. The van der Waals surface area contributed by atoms with E-state index in [9.17, 15) is 9.18 Å². The van der Waals surface area contributed by atoms with E-state index in [1.165, 1.54) is 12.1 Å². The molecule has 2 aromatic carbocycles. The summed E-state index contributed by atoms with van der Waals surface area (Å²) in [7, 11) is 0. The van der Waals surface area contributed by atoms with Gasteiger partial charge in [-0.15, -0.1) is 0 Å². The van der Waals surface area contributed by atoms with Crippen LogP contribution in [-0.2, 0) is 6.42 Å². The molecule has 2 aromatic heterocycles. The third-order valence-electron chi connectivity index (χ3n) is 6.66. The number of carbonyl (C=O) groups is 1. The Morgan fingerprint density at radius 1 is 0.944 bits per heavy atom. The summed E-state index contributed by atoms with van der Waals surface area (Å²) < 4.78 is 15.3. The van der Waals surface area contributed by atoms with Gasteiger partial charge in [-0.25, -0.2) is 19.0 Å². The molecular weight excluding hydrogens is 455 g/mol. The Bertz CT molecular complexity index is 1380. The molecule has 4 aromatic rings. The van der Waals surface area contributed by atoms with Crippen molar-refractivity contribution in [2.45, 2.75) is 40.0 Å². The van der Waals surface area contributed by atoms with Crippen LogP contribution in [0.4, 0.5) is 10.2 Å². The average Bonchev–Trinajstić information content (AvgIpc) is 3.04. The van der Waals surface area contributed by atoms with Crippen LogP contribution in [0.1, 0.15) is 47.2 Å². The Labute approximate surface area is 210 Å². The molecule has 0 atom stereocenters. The largest absolute Gasteiger partial charge is 0.354 e. The fraction of sp³-hybridized carbons (Fsp3) is 0.357. The van der Waals surface area contributed by atoms with Crippen LogP contribution in [0, 0.1) is 19.7 Å². The van der Waals surface area contributed by atoms with Crippen molar-refractivity contribution >= 4 is 22.8 Å². The zero-order valence-corrected chi connectivity index (χ0v) is 21.0. The van der Waals surface area contributed by atoms with E-state index >= 15 is 0 Å². The van der Waals surface area contributed by atoms with Crippen LogP contribution in [0.3, 0.4) is 0 Å². The van der Waals surface area contributed by atoms with Crippen molar-refractivity contribution < 1.29 is 9.18 Å². The molecule has 1 aliphatic rings. The zero-order chi connectivity index (χ0) is 25.2. The van der Waals surface area contributed by atoms with E-state index in [1.807, 2.05) is 43.0 Å². The van der Waals surface area contributed by atoms with Crippen LogP contribution in [0.25, 0.3) is 16.7 Å². The lowest BCUT2D eigenvalue weighted by atomic mass is 10.1. The maximum absolute atomic E-state index is 13.6. The Balaban J connectivity index is 1.49. The monoisotopic (exact) mass is 486 g/mol. The van der Waals surface area contributed by atoms with Gasteiger partial charge in [0.15, 0.2) is 5.65 Å². The number of anilines is 1. The lowest BCUT2D eigenvalue weighted by Gasteiger charge is -2.24. The highest BCUT2D eigenvalue weighted by atomic mass is 19.1. The summed E-state index contributed by atoms with van der Waals surface area (Å²) in [5.41, 5.74) is 4.17. The Morgan fingerprint density at radius 2 is 1.69 bits per heavy atom. The molecule has 1 amide bonds. The molecule has 0 spiro atoms. The molecule has 0 aliphatic carbocycles. The number of aromatic nitrogens is 4. The van der Waals surface area contributed by atoms with Crippen LogP contribution >= 0.6 is 0 Å². The molecule has 1 saturated heterocycles. The minimum absolute atomic E-state index is 0.0664. The van der Waals surface area contributed by atoms with Gasteiger partial charge in [-0.1, -0.05) is 24.6 Å². The predicted octanol–water partition coefficient (Wildman–Crippen LogP) is 4.88. The third-order valence-corrected chi connectivity index (χ3v) is 6.66. The molecule has 0 radical (unpaired) electrons. The van der Waals surface area contributed by atoms with E-state index in [0.29, 0.717) is 19.6 Å². The smallest absolute Gasteiger partial charge is 0.253 e. The summed E-state index contributed by atoms with van der Waals surface area (Å²) in [4.78, 5) is 27.2. The highest BCUT2D eigenvalue weighted by molar-refractivity contribution is 5.94. The van der Waals surface area contributed by atoms with Gasteiger partial charge in [0.2, 0.25) is 0 Å². The number of hydrogen-bond acceptors (Lipinski definition) is 5. The van der Waals surface area contributed by atoms with Crippen molar-refractivity contribution in [3.63, 3.8) is 0 Å². The molecular formula is C28H31FN6O. The van der Waals surface area contributed by atoms with Crippen LogP contribution in [0.5, 0.6) is 0 Å². The van der Waals surface area contributed by atoms with Gasteiger partial charge in [0.05, 0.1) is 16.8 Å². The molecule has 0 saturated carbocycles. The SMILES string of the molecule is CCCc1nc(N2CCCN(C(=O)c3ccc(C)cc3)CC2)c2c(C)nn(-c3ccc(F)cc3)c2n1. The number of hydrogen-bond donors (Lipinski definition) is 0. The molecule has 1 aliphatic heterocycles. The summed E-state index contributed by atoms with van der Waals surface area (Å²) in [5.74, 6) is 1.40. The second-order valence-corrected chi connectivity index (χ2v) is 9.38. The first-order valence-corrected chi connectivity index (χ1v) is 12.6. The molecule has 1 fully saturated rings. The van der Waals surface area contributed by atoms with Gasteiger partial charge < -0.3 is 9.80 Å². The lowest BCUT2D eigenvalue weighted by molar-refractivity contribution is 0.0767. The van der Waals surface area contributed by atoms with Gasteiger partial charge in [0.25, 0.3) is 5.91 Å². The molecule has 36 heavy (non-hydrogen) atoms. The standard InChI is InChI=1S/C28H31FN6O/c1-4-6-24-30-26(25-20(3)32-35(27(25)31-24)23-13-11-22(29)12-14-23)33-15-5-16-34(18-17-33)28(36)21-9-7-19(2)8-10-21/h7-14H,4-6,15-18H2,1-3H3. The number of aryl methyl sites for hydroxylation is 3. The first kappa shape index (κ1) is 23.9. The van der Waals surface area contributed by atoms with Gasteiger partial charge in [-0.3, -0.25) is 4.79 Å². The van der Waals surface area contributed by atoms with Crippen LogP contribution in [-0.4, -0.2) is 56.7 Å². The van der Waals surface area contributed by atoms with Crippen molar-refractivity contribution in [1.82, 2.24) is 24.6 Å². The number of benzene rings is 2. The summed E-state index contributed by atoms with van der Waals surface area (Å²) in [6, 6.07) is 14.0. The van der Waals surface area contributed by atoms with Gasteiger partial charge in [0.1, 0.15) is 17.5 Å². The summed E-state index contributed by atoms with van der Waals surface area (Å²) in [6.07, 6.45) is 2.52. The average molecular weight is 487 g/mol. The van der Waals surface area contributed by atoms with Crippen LogP contribution in [0.2, 0.25) is 0 Å². The maximum atomic E-state index is 13.6. The van der Waals surface area contributed by atoms with Gasteiger partial charge in [-0.05, 0) is 63.1 Å². The molecule has 8 heteroatoms. The fourth-order valence-electron chi connectivity index (χ4n) is 4.74. The Hall–Kier alpha value is -3.81. The minimum Gasteiger partial charge on any atom is -0.354 e. The Kier molecular flexibility index (Phi) is 6.67. The predicted molar refractivity (Wildman–Crippen MR) is 139 cm³/mol. The van der Waals surface area contributed by atoms with Gasteiger partial charge >= 0.3 is 0 Å².